The van der Waals surface area contributed by atoms with Crippen LogP contribution in [0.25, 0.3) is 0 Å². The Labute approximate surface area is 165 Å². The van der Waals surface area contributed by atoms with Gasteiger partial charge in [-0.2, -0.15) is 0 Å². The molecule has 1 aromatic carbocycles. The third kappa shape index (κ3) is 10.1. The molecule has 1 atom stereocenters. The Kier molecular flexibility index (Phi) is 11.4. The minimum atomic E-state index is -0.339. The standard InChI is InChI=1S/C24H36O3/c1-5-6-7-8-9-13-23(25)14-15-24(26)27-17-16-20(4)22-12-10-11-21(18-22)19(2)3/h10-12,16-20H,5-9,13-15H2,1-4H3/b17-16+. The minimum absolute atomic E-state index is 0.159. The normalized spacial score (nSPS) is 12.5. The molecule has 0 bridgehead atoms. The van der Waals surface area contributed by atoms with Gasteiger partial charge < -0.3 is 4.74 Å². The number of Topliss-reactive ketones (excluding diaryl/α,β-unsaturated/α-hetero) is 1. The highest BCUT2D eigenvalue weighted by Crippen LogP contribution is 2.22. The van der Waals surface area contributed by atoms with Gasteiger partial charge in [0.15, 0.2) is 0 Å². The van der Waals surface area contributed by atoms with Crippen LogP contribution in [-0.2, 0) is 14.3 Å². The number of allylic oxidation sites excluding steroid dienone is 1. The molecule has 0 aliphatic carbocycles. The summed E-state index contributed by atoms with van der Waals surface area (Å²) in [5.74, 6) is 0.476. The van der Waals surface area contributed by atoms with Crippen molar-refractivity contribution in [3.05, 3.63) is 47.7 Å². The molecule has 1 aromatic rings. The second-order valence-electron chi connectivity index (χ2n) is 7.63. The van der Waals surface area contributed by atoms with E-state index in [1.165, 1.54) is 36.7 Å². The van der Waals surface area contributed by atoms with Crippen LogP contribution in [0.5, 0.6) is 0 Å². The van der Waals surface area contributed by atoms with Crippen molar-refractivity contribution in [2.24, 2.45) is 0 Å². The Morgan fingerprint density at radius 1 is 0.963 bits per heavy atom. The van der Waals surface area contributed by atoms with E-state index < -0.39 is 0 Å². The zero-order chi connectivity index (χ0) is 20.1. The van der Waals surface area contributed by atoms with Gasteiger partial charge in [0.25, 0.3) is 0 Å². The first kappa shape index (κ1) is 23.1. The van der Waals surface area contributed by atoms with Gasteiger partial charge in [-0.15, -0.1) is 0 Å². The van der Waals surface area contributed by atoms with E-state index in [1.54, 1.807) is 0 Å². The number of ketones is 1. The fourth-order valence-corrected chi connectivity index (χ4v) is 2.90. The molecule has 0 heterocycles. The van der Waals surface area contributed by atoms with Crippen molar-refractivity contribution < 1.29 is 14.3 Å². The lowest BCUT2D eigenvalue weighted by molar-refractivity contribution is -0.139. The SMILES string of the molecule is CCCCCCCC(=O)CCC(=O)O/C=C/C(C)c1cccc(C(C)C)c1. The van der Waals surface area contributed by atoms with Gasteiger partial charge in [-0.1, -0.05) is 77.6 Å². The highest BCUT2D eigenvalue weighted by molar-refractivity contribution is 5.83. The first-order valence-corrected chi connectivity index (χ1v) is 10.4. The predicted molar refractivity (Wildman–Crippen MR) is 112 cm³/mol. The molecule has 3 heteroatoms. The van der Waals surface area contributed by atoms with Crippen molar-refractivity contribution in [3.63, 3.8) is 0 Å². The van der Waals surface area contributed by atoms with Crippen LogP contribution in [0.15, 0.2) is 36.6 Å². The molecule has 0 aromatic heterocycles. The summed E-state index contributed by atoms with van der Waals surface area (Å²) in [5, 5.41) is 0. The zero-order valence-electron chi connectivity index (χ0n) is 17.5. The molecule has 0 spiro atoms. The van der Waals surface area contributed by atoms with Gasteiger partial charge in [0, 0.05) is 18.8 Å². The second kappa shape index (κ2) is 13.3. The molecule has 3 nitrogen and oxygen atoms in total. The summed E-state index contributed by atoms with van der Waals surface area (Å²) in [7, 11) is 0. The number of benzene rings is 1. The maximum Gasteiger partial charge on any atom is 0.311 e. The molecule has 0 amide bonds. The summed E-state index contributed by atoms with van der Waals surface area (Å²) in [4.78, 5) is 23.6. The first-order chi connectivity index (χ1) is 12.9. The maximum atomic E-state index is 11.8. The number of esters is 1. The predicted octanol–water partition coefficient (Wildman–Crippen LogP) is 6.68. The Bertz CT molecular complexity index is 601. The van der Waals surface area contributed by atoms with E-state index in [4.69, 9.17) is 4.74 Å². The minimum Gasteiger partial charge on any atom is -0.435 e. The molecule has 0 saturated heterocycles. The molecule has 1 unspecified atom stereocenters. The summed E-state index contributed by atoms with van der Waals surface area (Å²) in [5.41, 5.74) is 2.50. The molecule has 0 saturated carbocycles. The highest BCUT2D eigenvalue weighted by Gasteiger charge is 2.08. The van der Waals surface area contributed by atoms with E-state index in [1.807, 2.05) is 6.08 Å². The Balaban J connectivity index is 2.29. The van der Waals surface area contributed by atoms with E-state index in [0.29, 0.717) is 12.3 Å². The van der Waals surface area contributed by atoms with Crippen LogP contribution < -0.4 is 0 Å². The number of carbonyl (C=O) groups is 2. The molecular formula is C24H36O3. The highest BCUT2D eigenvalue weighted by atomic mass is 16.5. The first-order valence-electron chi connectivity index (χ1n) is 10.4. The van der Waals surface area contributed by atoms with Gasteiger partial charge in [-0.3, -0.25) is 9.59 Å². The van der Waals surface area contributed by atoms with Gasteiger partial charge in [0.05, 0.1) is 12.7 Å². The lowest BCUT2D eigenvalue weighted by Gasteiger charge is -2.11. The Hall–Kier alpha value is -1.90. The van der Waals surface area contributed by atoms with Crippen molar-refractivity contribution in [2.75, 3.05) is 0 Å². The van der Waals surface area contributed by atoms with Gasteiger partial charge in [-0.25, -0.2) is 0 Å². The summed E-state index contributed by atoms with van der Waals surface area (Å²) in [6, 6.07) is 8.48. The molecule has 0 fully saturated rings. The zero-order valence-corrected chi connectivity index (χ0v) is 17.5. The molecule has 0 radical (unpaired) electrons. The number of carbonyl (C=O) groups excluding carboxylic acids is 2. The smallest absolute Gasteiger partial charge is 0.311 e. The summed E-state index contributed by atoms with van der Waals surface area (Å²) in [6.07, 6.45) is 10.0. The maximum absolute atomic E-state index is 11.8. The fourth-order valence-electron chi connectivity index (χ4n) is 2.90. The molecule has 150 valence electrons. The van der Waals surface area contributed by atoms with Gasteiger partial charge in [-0.05, 0) is 29.5 Å². The number of hydrogen-bond acceptors (Lipinski definition) is 3. The summed E-state index contributed by atoms with van der Waals surface area (Å²) in [6.45, 7) is 8.60. The third-order valence-electron chi connectivity index (χ3n) is 4.84. The van der Waals surface area contributed by atoms with Crippen LogP contribution in [0.2, 0.25) is 0 Å². The Morgan fingerprint density at radius 3 is 2.37 bits per heavy atom. The van der Waals surface area contributed by atoms with E-state index in [-0.39, 0.29) is 30.5 Å². The van der Waals surface area contributed by atoms with Crippen molar-refractivity contribution in [3.8, 4) is 0 Å². The number of rotatable bonds is 13. The Morgan fingerprint density at radius 2 is 1.67 bits per heavy atom. The van der Waals surface area contributed by atoms with Gasteiger partial charge >= 0.3 is 5.97 Å². The molecule has 0 aliphatic rings. The monoisotopic (exact) mass is 372 g/mol. The molecule has 27 heavy (non-hydrogen) atoms. The van der Waals surface area contributed by atoms with Crippen LogP contribution in [0, 0.1) is 0 Å². The quantitative estimate of drug-likeness (QED) is 0.220. The van der Waals surface area contributed by atoms with Crippen LogP contribution in [0.3, 0.4) is 0 Å². The molecule has 1 rings (SSSR count). The van der Waals surface area contributed by atoms with E-state index >= 15 is 0 Å². The van der Waals surface area contributed by atoms with Crippen LogP contribution >= 0.6 is 0 Å². The molecule has 0 N–H and O–H groups in total. The largest absolute Gasteiger partial charge is 0.435 e. The van der Waals surface area contributed by atoms with E-state index in [0.717, 1.165) is 12.8 Å². The van der Waals surface area contributed by atoms with Crippen LogP contribution in [-0.4, -0.2) is 11.8 Å². The van der Waals surface area contributed by atoms with Crippen molar-refractivity contribution in [1.29, 1.82) is 0 Å². The van der Waals surface area contributed by atoms with Gasteiger partial charge in [0.1, 0.15) is 5.78 Å². The lowest BCUT2D eigenvalue weighted by Crippen LogP contribution is -2.05. The van der Waals surface area contributed by atoms with E-state index in [9.17, 15) is 9.59 Å². The number of unbranched alkanes of at least 4 members (excludes halogenated alkanes) is 4. The average Bonchev–Trinajstić information content (AvgIpc) is 2.66. The molecule has 0 aliphatic heterocycles. The van der Waals surface area contributed by atoms with Gasteiger partial charge in [0.2, 0.25) is 0 Å². The van der Waals surface area contributed by atoms with Crippen molar-refractivity contribution >= 4 is 11.8 Å². The number of ether oxygens (including phenoxy) is 1. The van der Waals surface area contributed by atoms with Crippen molar-refractivity contribution in [2.45, 2.75) is 90.9 Å². The topological polar surface area (TPSA) is 43.4 Å². The average molecular weight is 373 g/mol. The second-order valence-corrected chi connectivity index (χ2v) is 7.63. The van der Waals surface area contributed by atoms with Crippen LogP contribution in [0.1, 0.15) is 102 Å². The van der Waals surface area contributed by atoms with Crippen LogP contribution in [0.4, 0.5) is 0 Å². The molecular weight excluding hydrogens is 336 g/mol. The van der Waals surface area contributed by atoms with Crippen molar-refractivity contribution in [1.82, 2.24) is 0 Å². The van der Waals surface area contributed by atoms with E-state index in [2.05, 4.69) is 52.0 Å². The lowest BCUT2D eigenvalue weighted by atomic mass is 9.95. The summed E-state index contributed by atoms with van der Waals surface area (Å²) >= 11 is 0. The third-order valence-corrected chi connectivity index (χ3v) is 4.84. The number of hydrogen-bond donors (Lipinski definition) is 0. The summed E-state index contributed by atoms with van der Waals surface area (Å²) < 4.78 is 5.15. The fraction of sp³-hybridized carbons (Fsp3) is 0.583.